The summed E-state index contributed by atoms with van der Waals surface area (Å²) >= 11 is 0. The molecular weight excluding hydrogens is 314 g/mol. The van der Waals surface area contributed by atoms with Gasteiger partial charge in [-0.05, 0) is 51.7 Å². The van der Waals surface area contributed by atoms with Crippen molar-refractivity contribution in [1.29, 1.82) is 0 Å². The molecule has 2 aromatic rings. The minimum atomic E-state index is -0.103. The molecule has 0 aliphatic heterocycles. The zero-order valence-corrected chi connectivity index (χ0v) is 15.3. The Hall–Kier alpha value is -2.40. The molecule has 0 spiro atoms. The first-order chi connectivity index (χ1) is 12.1. The van der Waals surface area contributed by atoms with Crippen LogP contribution in [-0.4, -0.2) is 49.6 Å². The molecule has 1 aromatic carbocycles. The Bertz CT molecular complexity index is 726. The summed E-state index contributed by atoms with van der Waals surface area (Å²) in [6.07, 6.45) is 5.14. The summed E-state index contributed by atoms with van der Waals surface area (Å²) in [5.41, 5.74) is 1.70. The highest BCUT2D eigenvalue weighted by Gasteiger charge is 2.06. The van der Waals surface area contributed by atoms with Crippen molar-refractivity contribution in [2.45, 2.75) is 19.8 Å². The Balaban J connectivity index is 2.08. The maximum absolute atomic E-state index is 12.0. The van der Waals surface area contributed by atoms with Crippen LogP contribution in [0.2, 0.25) is 0 Å². The predicted octanol–water partition coefficient (Wildman–Crippen LogP) is 3.10. The van der Waals surface area contributed by atoms with Gasteiger partial charge in [0.2, 0.25) is 11.8 Å². The van der Waals surface area contributed by atoms with Crippen LogP contribution < -0.4 is 10.1 Å². The van der Waals surface area contributed by atoms with Crippen LogP contribution in [-0.2, 0) is 4.79 Å². The van der Waals surface area contributed by atoms with Gasteiger partial charge in [-0.15, -0.1) is 0 Å². The number of hydrogen-bond donors (Lipinski definition) is 1. The minimum absolute atomic E-state index is 0.103. The van der Waals surface area contributed by atoms with Crippen molar-refractivity contribution < 1.29 is 9.53 Å². The number of rotatable bonds is 9. The Morgan fingerprint density at radius 3 is 2.88 bits per heavy atom. The third kappa shape index (κ3) is 6.19. The number of nitrogens with zero attached hydrogens (tertiary/aromatic N) is 2. The highest BCUT2D eigenvalue weighted by Crippen LogP contribution is 2.23. The van der Waals surface area contributed by atoms with Gasteiger partial charge in [0.25, 0.3) is 0 Å². The molecule has 0 unspecified atom stereocenters. The first-order valence-electron chi connectivity index (χ1n) is 8.73. The van der Waals surface area contributed by atoms with Gasteiger partial charge in [-0.2, -0.15) is 0 Å². The van der Waals surface area contributed by atoms with Crippen LogP contribution in [0.3, 0.4) is 0 Å². The lowest BCUT2D eigenvalue weighted by atomic mass is 10.1. The molecule has 0 fully saturated rings. The van der Waals surface area contributed by atoms with Crippen LogP contribution in [0.4, 0.5) is 0 Å². The highest BCUT2D eigenvalue weighted by atomic mass is 16.5. The van der Waals surface area contributed by atoms with Gasteiger partial charge in [0.1, 0.15) is 0 Å². The van der Waals surface area contributed by atoms with E-state index < -0.39 is 0 Å². The largest absolute Gasteiger partial charge is 0.477 e. The Kier molecular flexibility index (Phi) is 7.41. The lowest BCUT2D eigenvalue weighted by Crippen LogP contribution is -2.25. The van der Waals surface area contributed by atoms with Crippen molar-refractivity contribution >= 4 is 22.9 Å². The topological polar surface area (TPSA) is 54.5 Å². The average molecular weight is 341 g/mol. The maximum atomic E-state index is 12.0. The van der Waals surface area contributed by atoms with Gasteiger partial charge in [-0.25, -0.2) is 4.98 Å². The second-order valence-corrected chi connectivity index (χ2v) is 6.21. The van der Waals surface area contributed by atoms with E-state index in [9.17, 15) is 4.79 Å². The molecule has 5 nitrogen and oxygen atoms in total. The van der Waals surface area contributed by atoms with Gasteiger partial charge >= 0.3 is 0 Å². The normalized spacial score (nSPS) is 11.4. The fourth-order valence-corrected chi connectivity index (χ4v) is 2.38. The van der Waals surface area contributed by atoms with E-state index in [-0.39, 0.29) is 5.91 Å². The first kappa shape index (κ1) is 18.9. The zero-order chi connectivity index (χ0) is 18.1. The number of fused-ring (bicyclic) bond motifs is 1. The van der Waals surface area contributed by atoms with Crippen LogP contribution in [0.15, 0.2) is 36.4 Å². The van der Waals surface area contributed by atoms with Crippen molar-refractivity contribution in [3.8, 4) is 5.88 Å². The molecule has 0 aliphatic rings. The van der Waals surface area contributed by atoms with E-state index in [4.69, 9.17) is 4.74 Å². The Labute approximate surface area is 149 Å². The molecule has 0 atom stereocenters. The van der Waals surface area contributed by atoms with Crippen LogP contribution in [0, 0.1) is 0 Å². The summed E-state index contributed by atoms with van der Waals surface area (Å²) in [6, 6.07) is 9.89. The fourth-order valence-electron chi connectivity index (χ4n) is 2.38. The minimum Gasteiger partial charge on any atom is -0.477 e. The third-order valence-electron chi connectivity index (χ3n) is 3.66. The lowest BCUT2D eigenvalue weighted by Gasteiger charge is -2.10. The van der Waals surface area contributed by atoms with Crippen molar-refractivity contribution in [2.24, 2.45) is 0 Å². The summed E-state index contributed by atoms with van der Waals surface area (Å²) in [7, 11) is 4.04. The van der Waals surface area contributed by atoms with Gasteiger partial charge in [-0.3, -0.25) is 4.79 Å². The molecule has 0 saturated heterocycles. The van der Waals surface area contributed by atoms with Crippen LogP contribution in [0.5, 0.6) is 5.88 Å². The summed E-state index contributed by atoms with van der Waals surface area (Å²) < 4.78 is 5.75. The number of carbonyl (C=O) groups excluding carboxylic acids is 1. The number of aromatic nitrogens is 1. The number of nitrogens with one attached hydrogen (secondary N) is 1. The molecule has 0 radical (unpaired) electrons. The van der Waals surface area contributed by atoms with Gasteiger partial charge in [-0.1, -0.05) is 25.1 Å². The number of benzene rings is 1. The molecule has 0 bridgehead atoms. The second kappa shape index (κ2) is 9.79. The van der Waals surface area contributed by atoms with E-state index >= 15 is 0 Å². The second-order valence-electron chi connectivity index (χ2n) is 6.21. The van der Waals surface area contributed by atoms with E-state index in [1.54, 1.807) is 12.2 Å². The highest BCUT2D eigenvalue weighted by molar-refractivity contribution is 5.93. The predicted molar refractivity (Wildman–Crippen MR) is 103 cm³/mol. The molecule has 1 amide bonds. The first-order valence-corrected chi connectivity index (χ1v) is 8.73. The molecule has 0 aliphatic carbocycles. The molecule has 0 saturated carbocycles. The smallest absolute Gasteiger partial charge is 0.244 e. The SMILES string of the molecule is CCCOc1nc2ccccc2cc1/C=C/C(=O)NCCCN(C)C. The summed E-state index contributed by atoms with van der Waals surface area (Å²) in [4.78, 5) is 18.6. The maximum Gasteiger partial charge on any atom is 0.244 e. The van der Waals surface area contributed by atoms with E-state index in [0.29, 0.717) is 19.0 Å². The number of amides is 1. The molecule has 1 aromatic heterocycles. The number of para-hydroxylation sites is 1. The summed E-state index contributed by atoms with van der Waals surface area (Å²) in [5.74, 6) is 0.463. The molecule has 25 heavy (non-hydrogen) atoms. The molecule has 1 heterocycles. The lowest BCUT2D eigenvalue weighted by molar-refractivity contribution is -0.116. The van der Waals surface area contributed by atoms with Gasteiger partial charge in [0.05, 0.1) is 12.1 Å². The number of ether oxygens (including phenoxy) is 1. The summed E-state index contributed by atoms with van der Waals surface area (Å²) in [5, 5.41) is 3.92. The van der Waals surface area contributed by atoms with Crippen LogP contribution >= 0.6 is 0 Å². The van der Waals surface area contributed by atoms with E-state index in [1.165, 1.54) is 0 Å². The monoisotopic (exact) mass is 341 g/mol. The average Bonchev–Trinajstić information content (AvgIpc) is 2.61. The van der Waals surface area contributed by atoms with E-state index in [1.807, 2.05) is 44.4 Å². The van der Waals surface area contributed by atoms with Crippen LogP contribution in [0.1, 0.15) is 25.3 Å². The van der Waals surface area contributed by atoms with Crippen LogP contribution in [0.25, 0.3) is 17.0 Å². The summed E-state index contributed by atoms with van der Waals surface area (Å²) in [6.45, 7) is 4.27. The van der Waals surface area contributed by atoms with Gasteiger partial charge < -0.3 is 15.0 Å². The van der Waals surface area contributed by atoms with Gasteiger partial charge in [0, 0.05) is 23.6 Å². The van der Waals surface area contributed by atoms with Crippen molar-refractivity contribution in [1.82, 2.24) is 15.2 Å². The number of hydrogen-bond acceptors (Lipinski definition) is 4. The van der Waals surface area contributed by atoms with Crippen molar-refractivity contribution in [3.05, 3.63) is 42.0 Å². The van der Waals surface area contributed by atoms with E-state index in [0.717, 1.165) is 35.9 Å². The standard InChI is InChI=1S/C20H27N3O2/c1-4-14-25-20-17(15-16-8-5-6-9-18(16)22-20)10-11-19(24)21-12-7-13-23(2)3/h5-6,8-11,15H,4,7,12-14H2,1-3H3,(H,21,24)/b11-10+. The van der Waals surface area contributed by atoms with Crippen molar-refractivity contribution in [2.75, 3.05) is 33.8 Å². The fraction of sp³-hybridized carbons (Fsp3) is 0.400. The Morgan fingerprint density at radius 1 is 1.32 bits per heavy atom. The quantitative estimate of drug-likeness (QED) is 0.562. The zero-order valence-electron chi connectivity index (χ0n) is 15.3. The third-order valence-corrected chi connectivity index (χ3v) is 3.66. The molecule has 134 valence electrons. The Morgan fingerprint density at radius 2 is 2.12 bits per heavy atom. The number of pyridine rings is 1. The van der Waals surface area contributed by atoms with Gasteiger partial charge in [0.15, 0.2) is 0 Å². The van der Waals surface area contributed by atoms with E-state index in [2.05, 4.69) is 22.1 Å². The molecule has 5 heteroatoms. The van der Waals surface area contributed by atoms with Crippen molar-refractivity contribution in [3.63, 3.8) is 0 Å². The molecule has 1 N–H and O–H groups in total. The number of carbonyl (C=O) groups is 1. The molecular formula is C20H27N3O2. The molecule has 2 rings (SSSR count).